The van der Waals surface area contributed by atoms with Gasteiger partial charge >= 0.3 is 0 Å². The molecule has 0 rings (SSSR count). The van der Waals surface area contributed by atoms with Gasteiger partial charge in [0.1, 0.15) is 0 Å². The van der Waals surface area contributed by atoms with Gasteiger partial charge in [-0.05, 0) is 54.0 Å². The van der Waals surface area contributed by atoms with Crippen LogP contribution in [0, 0.1) is 0 Å². The second kappa shape index (κ2) is 19.8. The van der Waals surface area contributed by atoms with Crippen molar-refractivity contribution >= 4 is 0 Å². The Balaban J connectivity index is 4.33. The summed E-state index contributed by atoms with van der Waals surface area (Å²) in [7, 11) is 0. The molecule has 0 aromatic carbocycles. The molecule has 0 aromatic heterocycles. The average Bonchev–Trinajstić information content (AvgIpc) is 2.76. The van der Waals surface area contributed by atoms with E-state index in [1.54, 1.807) is 0 Å². The van der Waals surface area contributed by atoms with E-state index < -0.39 is 0 Å². The Bertz CT molecular complexity index is 467. The fraction of sp³-hybridized carbons (Fsp3) is 1.00. The van der Waals surface area contributed by atoms with E-state index in [0.29, 0.717) is 46.0 Å². The molecule has 34 heavy (non-hydrogen) atoms. The minimum absolute atomic E-state index is 0.0325. The van der Waals surface area contributed by atoms with E-state index in [1.807, 2.05) is 20.8 Å². The van der Waals surface area contributed by atoms with Gasteiger partial charge in [0.05, 0.1) is 56.9 Å². The van der Waals surface area contributed by atoms with E-state index in [2.05, 4.69) is 30.6 Å². The summed E-state index contributed by atoms with van der Waals surface area (Å²) in [6, 6.07) is 0. The van der Waals surface area contributed by atoms with Gasteiger partial charge < -0.3 is 39.2 Å². The smallest absolute Gasteiger partial charge is 0.0787 e. The molecular weight excluding hydrogens is 440 g/mol. The molecule has 3 N–H and O–H groups in total. The maximum absolute atomic E-state index is 9.21. The van der Waals surface area contributed by atoms with Crippen molar-refractivity contribution in [3.05, 3.63) is 0 Å². The number of ether oxygens (including phenoxy) is 4. The average molecular weight is 495 g/mol. The van der Waals surface area contributed by atoms with Crippen LogP contribution in [-0.2, 0) is 18.9 Å². The van der Waals surface area contributed by atoms with Crippen LogP contribution in [0.1, 0.15) is 54.4 Å². The van der Waals surface area contributed by atoms with Crippen molar-refractivity contribution in [2.45, 2.75) is 71.7 Å². The minimum atomic E-state index is -0.360. The predicted octanol–water partition coefficient (Wildman–Crippen LogP) is 1.38. The van der Waals surface area contributed by atoms with Crippen molar-refractivity contribution in [1.29, 1.82) is 0 Å². The quantitative estimate of drug-likeness (QED) is 0.172. The predicted molar refractivity (Wildman–Crippen MR) is 135 cm³/mol. The normalized spacial score (nSPS) is 13.9. The van der Waals surface area contributed by atoms with Gasteiger partial charge in [-0.3, -0.25) is 4.90 Å². The molecule has 0 radical (unpaired) electrons. The Morgan fingerprint density at radius 1 is 0.676 bits per heavy atom. The number of aliphatic hydroxyl groups excluding tert-OH is 3. The molecule has 0 aliphatic rings. The van der Waals surface area contributed by atoms with Crippen LogP contribution in [-0.4, -0.2) is 135 Å². The van der Waals surface area contributed by atoms with Crippen molar-refractivity contribution in [3.8, 4) is 0 Å². The molecule has 0 saturated heterocycles. The Morgan fingerprint density at radius 2 is 1.35 bits per heavy atom. The van der Waals surface area contributed by atoms with Crippen LogP contribution in [0.3, 0.4) is 0 Å². The second-order valence-electron chi connectivity index (χ2n) is 9.93. The lowest BCUT2D eigenvalue weighted by atomic mass is 10.1. The van der Waals surface area contributed by atoms with Crippen LogP contribution in [0.4, 0.5) is 0 Å². The van der Waals surface area contributed by atoms with Gasteiger partial charge in [-0.15, -0.1) is 0 Å². The Kier molecular flexibility index (Phi) is 19.6. The summed E-state index contributed by atoms with van der Waals surface area (Å²) < 4.78 is 23.4. The van der Waals surface area contributed by atoms with E-state index >= 15 is 0 Å². The highest BCUT2D eigenvalue weighted by Gasteiger charge is 2.22. The lowest BCUT2D eigenvalue weighted by Crippen LogP contribution is -2.40. The molecule has 0 aliphatic carbocycles. The number of hydrogen-bond acceptors (Lipinski definition) is 9. The number of rotatable bonds is 24. The van der Waals surface area contributed by atoms with Gasteiger partial charge in [0.2, 0.25) is 0 Å². The van der Waals surface area contributed by atoms with Crippen LogP contribution in [0.15, 0.2) is 0 Å². The van der Waals surface area contributed by atoms with Gasteiger partial charge in [0, 0.05) is 45.9 Å². The highest BCUT2D eigenvalue weighted by Crippen LogP contribution is 2.18. The number of likely N-dealkylation sites (N-methyl/N-ethyl adjacent to an activating group) is 1. The van der Waals surface area contributed by atoms with Gasteiger partial charge in [-0.2, -0.15) is 0 Å². The summed E-state index contributed by atoms with van der Waals surface area (Å²) in [4.78, 5) is 4.52. The van der Waals surface area contributed by atoms with E-state index in [1.165, 1.54) is 0 Å². The highest BCUT2D eigenvalue weighted by molar-refractivity contribution is 4.71. The van der Waals surface area contributed by atoms with Crippen molar-refractivity contribution in [3.63, 3.8) is 0 Å². The molecule has 0 aromatic rings. The van der Waals surface area contributed by atoms with Crippen molar-refractivity contribution in [2.75, 3.05) is 92.1 Å². The van der Waals surface area contributed by atoms with Crippen molar-refractivity contribution in [2.24, 2.45) is 0 Å². The van der Waals surface area contributed by atoms with Crippen LogP contribution in [0.2, 0.25) is 0 Å². The first-order valence-corrected chi connectivity index (χ1v) is 12.8. The monoisotopic (exact) mass is 494 g/mol. The van der Waals surface area contributed by atoms with Crippen LogP contribution in [0.25, 0.3) is 0 Å². The van der Waals surface area contributed by atoms with Gasteiger partial charge in [-0.1, -0.05) is 6.92 Å². The molecule has 9 nitrogen and oxygen atoms in total. The summed E-state index contributed by atoms with van der Waals surface area (Å²) in [6.07, 6.45) is 1.33. The van der Waals surface area contributed by atoms with Gasteiger partial charge in [-0.25, -0.2) is 0 Å². The Hall–Kier alpha value is -0.360. The molecule has 0 bridgehead atoms. The van der Waals surface area contributed by atoms with Gasteiger partial charge in [0.15, 0.2) is 0 Å². The second-order valence-corrected chi connectivity index (χ2v) is 9.93. The number of aliphatic hydroxyl groups is 3. The molecule has 0 spiro atoms. The van der Waals surface area contributed by atoms with Crippen molar-refractivity contribution in [1.82, 2.24) is 9.80 Å². The molecule has 1 atom stereocenters. The first-order valence-electron chi connectivity index (χ1n) is 12.8. The third kappa shape index (κ3) is 18.9. The zero-order valence-corrected chi connectivity index (χ0v) is 22.8. The molecule has 0 fully saturated rings. The van der Waals surface area contributed by atoms with Crippen molar-refractivity contribution < 1.29 is 34.3 Å². The topological polar surface area (TPSA) is 104 Å². The summed E-state index contributed by atoms with van der Waals surface area (Å²) in [5.74, 6) is 0. The zero-order chi connectivity index (χ0) is 25.9. The molecule has 206 valence electrons. The maximum Gasteiger partial charge on any atom is 0.0787 e. The molecule has 0 amide bonds. The lowest BCUT2D eigenvalue weighted by molar-refractivity contribution is -0.108. The number of nitrogens with zero attached hydrogens (tertiary/aromatic N) is 2. The van der Waals surface area contributed by atoms with E-state index in [9.17, 15) is 5.11 Å². The third-order valence-electron chi connectivity index (χ3n) is 5.72. The fourth-order valence-corrected chi connectivity index (χ4v) is 3.55. The SMILES string of the molecule is CCN(CCO)CCN(CCOCCO)CCOC(C)(C)CCOCC(C)OC(C)(C)CCO. The zero-order valence-electron chi connectivity index (χ0n) is 22.8. The first-order chi connectivity index (χ1) is 16.1. The molecule has 0 heterocycles. The standard InChI is InChI=1S/C25H54N2O7/c1-7-26(12-16-29)10-11-27(13-19-31-21-17-30)14-20-33-24(3,4)9-18-32-22-23(2)34-25(5,6)8-15-28/h23,28-30H,7-22H2,1-6H3. The van der Waals surface area contributed by atoms with E-state index in [-0.39, 0.29) is 37.1 Å². The molecule has 0 aliphatic heterocycles. The largest absolute Gasteiger partial charge is 0.396 e. The Labute approximate surface area is 208 Å². The third-order valence-corrected chi connectivity index (χ3v) is 5.72. The summed E-state index contributed by atoms with van der Waals surface area (Å²) in [5, 5.41) is 27.2. The molecule has 0 saturated carbocycles. The van der Waals surface area contributed by atoms with Gasteiger partial charge in [0.25, 0.3) is 0 Å². The van der Waals surface area contributed by atoms with Crippen LogP contribution in [0.5, 0.6) is 0 Å². The summed E-state index contributed by atoms with van der Waals surface area (Å²) in [6.45, 7) is 20.0. The van der Waals surface area contributed by atoms with E-state index in [0.717, 1.165) is 39.1 Å². The lowest BCUT2D eigenvalue weighted by Gasteiger charge is -2.30. The molecule has 1 unspecified atom stereocenters. The Morgan fingerprint density at radius 3 is 1.97 bits per heavy atom. The van der Waals surface area contributed by atoms with Crippen LogP contribution >= 0.6 is 0 Å². The summed E-state index contributed by atoms with van der Waals surface area (Å²) in [5.41, 5.74) is -0.660. The highest BCUT2D eigenvalue weighted by atomic mass is 16.5. The van der Waals surface area contributed by atoms with E-state index in [4.69, 9.17) is 29.2 Å². The fourth-order valence-electron chi connectivity index (χ4n) is 3.55. The maximum atomic E-state index is 9.21. The minimum Gasteiger partial charge on any atom is -0.396 e. The first kappa shape index (κ1) is 33.6. The number of hydrogen-bond donors (Lipinski definition) is 3. The summed E-state index contributed by atoms with van der Waals surface area (Å²) >= 11 is 0. The molecule has 9 heteroatoms. The molecular formula is C25H54N2O7. The van der Waals surface area contributed by atoms with Crippen LogP contribution < -0.4 is 0 Å².